The minimum Gasteiger partial charge on any atom is -0.545 e. The van der Waals surface area contributed by atoms with E-state index in [4.69, 9.17) is 0 Å². The zero-order valence-electron chi connectivity index (χ0n) is 17.6. The van der Waals surface area contributed by atoms with Gasteiger partial charge in [0.15, 0.2) is 0 Å². The molecule has 2 amide bonds. The number of hydrogen-bond donors (Lipinski definition) is 1. The Morgan fingerprint density at radius 2 is 0.909 bits per heavy atom. The maximum absolute atomic E-state index is 12.4. The largest absolute Gasteiger partial charge is 1.00 e. The topological polar surface area (TPSA) is 126 Å². The van der Waals surface area contributed by atoms with E-state index < -0.39 is 23.8 Å². The molecule has 1 aliphatic rings. The number of carboxylic acid groups (broad SMARTS) is 2. The number of carbonyl (C=O) groups excluding carboxylic acids is 4. The number of amides is 2. The summed E-state index contributed by atoms with van der Waals surface area (Å²) in [6.45, 7) is 0. The number of rotatable bonds is 2. The molecule has 1 N–H and O–H groups in total. The molecule has 6 rings (SSSR count). The van der Waals surface area contributed by atoms with Gasteiger partial charge in [-0.3, -0.25) is 14.9 Å². The van der Waals surface area contributed by atoms with Crippen molar-refractivity contribution in [2.75, 3.05) is 0 Å². The van der Waals surface area contributed by atoms with E-state index in [2.05, 4.69) is 5.32 Å². The van der Waals surface area contributed by atoms with Gasteiger partial charge in [0.25, 0.3) is 11.8 Å². The normalized spacial score (nSPS) is 12.6. The Labute approximate surface area is 270 Å². The first kappa shape index (κ1) is 24.9. The first-order valence-corrected chi connectivity index (χ1v) is 9.37. The Kier molecular flexibility index (Phi) is 6.60. The Balaban J connectivity index is 0.00000130. The number of fused-ring (bicyclic) bond motifs is 2. The molecule has 33 heavy (non-hydrogen) atoms. The quantitative estimate of drug-likeness (QED) is 0.116. The molecule has 1 aliphatic heterocycles. The van der Waals surface area contributed by atoms with Crippen molar-refractivity contribution < 1.29 is 132 Å². The van der Waals surface area contributed by atoms with Crippen LogP contribution in [0.2, 0.25) is 0 Å². The van der Waals surface area contributed by atoms with Gasteiger partial charge in [0.05, 0.1) is 11.9 Å². The van der Waals surface area contributed by atoms with Crippen LogP contribution in [0.5, 0.6) is 0 Å². The van der Waals surface area contributed by atoms with Crippen LogP contribution in [-0.4, -0.2) is 23.8 Å². The third kappa shape index (κ3) is 3.38. The summed E-state index contributed by atoms with van der Waals surface area (Å²) in [6.07, 6.45) is 0. The van der Waals surface area contributed by atoms with Gasteiger partial charge in [0, 0.05) is 33.0 Å². The van der Waals surface area contributed by atoms with Crippen molar-refractivity contribution in [3.8, 4) is 0 Å². The number of carboxylic acids is 2. The van der Waals surface area contributed by atoms with E-state index in [1.807, 2.05) is 0 Å². The van der Waals surface area contributed by atoms with Crippen molar-refractivity contribution >= 4 is 66.8 Å². The minimum atomic E-state index is -1.50. The van der Waals surface area contributed by atoms with Gasteiger partial charge in [-0.15, -0.1) is 0 Å². The van der Waals surface area contributed by atoms with Crippen LogP contribution in [-0.2, 0) is 0 Å². The van der Waals surface area contributed by atoms with Gasteiger partial charge < -0.3 is 19.8 Å². The van der Waals surface area contributed by atoms with E-state index >= 15 is 0 Å². The first-order valence-electron chi connectivity index (χ1n) is 9.37. The van der Waals surface area contributed by atoms with Crippen LogP contribution in [0.25, 0.3) is 43.1 Å². The van der Waals surface area contributed by atoms with Gasteiger partial charge in [-0.1, -0.05) is 36.4 Å². The van der Waals surface area contributed by atoms with Gasteiger partial charge in [0.2, 0.25) is 0 Å². The first-order chi connectivity index (χ1) is 14.9. The molecule has 0 radical (unpaired) electrons. The fraction of sp³-hybridized carbons (Fsp3) is 0. The molecule has 0 saturated heterocycles. The molecule has 1 heterocycles. The Bertz CT molecular complexity index is 1590. The van der Waals surface area contributed by atoms with Gasteiger partial charge in [0.1, 0.15) is 0 Å². The smallest absolute Gasteiger partial charge is 0.545 e. The van der Waals surface area contributed by atoms with Crippen LogP contribution in [0, 0.1) is 0 Å². The summed E-state index contributed by atoms with van der Waals surface area (Å²) in [5, 5.41) is 30.1. The second-order valence-electron chi connectivity index (χ2n) is 7.50. The van der Waals surface area contributed by atoms with Crippen molar-refractivity contribution in [2.24, 2.45) is 0 Å². The number of hydrogen-bond acceptors (Lipinski definition) is 6. The molecule has 0 spiro atoms. The second-order valence-corrected chi connectivity index (χ2v) is 7.50. The number of aromatic carboxylic acids is 2. The van der Waals surface area contributed by atoms with Crippen LogP contribution in [0.1, 0.15) is 41.4 Å². The average Bonchev–Trinajstić information content (AvgIpc) is 2.75. The summed E-state index contributed by atoms with van der Waals surface area (Å²) in [4.78, 5) is 48.3. The maximum atomic E-state index is 12.4. The Morgan fingerprint density at radius 3 is 1.30 bits per heavy atom. The molecule has 0 bridgehead atoms. The third-order valence-corrected chi connectivity index (χ3v) is 6.06. The predicted molar refractivity (Wildman–Crippen MR) is 108 cm³/mol. The molecular weight excluding hydrogens is 476 g/mol. The maximum Gasteiger partial charge on any atom is 1.00 e. The molecule has 0 aliphatic carbocycles. The van der Waals surface area contributed by atoms with E-state index in [9.17, 15) is 29.4 Å². The van der Waals surface area contributed by atoms with Crippen LogP contribution in [0.3, 0.4) is 0 Å². The van der Waals surface area contributed by atoms with Crippen LogP contribution >= 0.6 is 0 Å². The molecule has 0 aromatic heterocycles. The SMILES string of the molecule is O=C([O-])c1ccc2c3ccc4c5c(ccc(c6ccc(C(=O)[O-])c1c26)c53)C(=O)NC4=O.[K+].[K+]. The summed E-state index contributed by atoms with van der Waals surface area (Å²) < 4.78 is 0. The zero-order chi connectivity index (χ0) is 21.6. The van der Waals surface area contributed by atoms with Gasteiger partial charge in [-0.2, -0.15) is 0 Å². The van der Waals surface area contributed by atoms with Crippen LogP contribution in [0.15, 0.2) is 48.5 Å². The van der Waals surface area contributed by atoms with E-state index in [0.717, 1.165) is 0 Å². The molecule has 9 heteroatoms. The van der Waals surface area contributed by atoms with Crippen molar-refractivity contribution in [2.45, 2.75) is 0 Å². The van der Waals surface area contributed by atoms with Crippen molar-refractivity contribution in [3.63, 3.8) is 0 Å². The van der Waals surface area contributed by atoms with Gasteiger partial charge in [-0.25, -0.2) is 0 Å². The van der Waals surface area contributed by atoms with Crippen LogP contribution < -0.4 is 118 Å². The monoisotopic (exact) mass is 485 g/mol. The molecule has 5 aromatic rings. The summed E-state index contributed by atoms with van der Waals surface area (Å²) in [5.41, 5.74) is 0.243. The number of carbonyl (C=O) groups is 4. The summed E-state index contributed by atoms with van der Waals surface area (Å²) in [6, 6.07) is 12.5. The molecular formula is C24H9K2NO6. The second kappa shape index (κ2) is 8.76. The Hall–Kier alpha value is -1.25. The average molecular weight is 486 g/mol. The fourth-order valence-electron chi connectivity index (χ4n) is 4.85. The zero-order valence-corrected chi connectivity index (χ0v) is 23.8. The summed E-state index contributed by atoms with van der Waals surface area (Å²) >= 11 is 0. The Morgan fingerprint density at radius 1 is 0.545 bits per heavy atom. The fourth-order valence-corrected chi connectivity index (χ4v) is 4.85. The van der Waals surface area contributed by atoms with E-state index in [-0.39, 0.29) is 119 Å². The standard InChI is InChI=1S/C24H11NO6.2K/c26-21-13-5-1-9-11-3-7-15(23(28)29)20-16(24(30)31)8-4-12(18(11)20)10-2-6-14(22(27)25-21)19(13)17(9)10;;/h1-8H,(H,28,29)(H,30,31)(H,25,26,27);;/q;2*+1/p-2. The molecule has 5 aromatic carbocycles. The van der Waals surface area contributed by atoms with Crippen molar-refractivity contribution in [1.82, 2.24) is 5.32 Å². The van der Waals surface area contributed by atoms with Crippen molar-refractivity contribution in [1.29, 1.82) is 0 Å². The third-order valence-electron chi connectivity index (χ3n) is 6.06. The van der Waals surface area contributed by atoms with E-state index in [0.29, 0.717) is 48.8 Å². The molecule has 0 saturated carbocycles. The van der Waals surface area contributed by atoms with E-state index in [1.165, 1.54) is 12.1 Å². The summed E-state index contributed by atoms with van der Waals surface area (Å²) in [5.74, 6) is -3.97. The number of nitrogens with one attached hydrogen (secondary N) is 1. The number of imide groups is 1. The molecule has 0 unspecified atom stereocenters. The molecule has 7 nitrogen and oxygen atoms in total. The van der Waals surface area contributed by atoms with Gasteiger partial charge >= 0.3 is 103 Å². The molecule has 148 valence electrons. The van der Waals surface area contributed by atoms with Crippen LogP contribution in [0.4, 0.5) is 0 Å². The van der Waals surface area contributed by atoms with Gasteiger partial charge in [-0.05, 0) is 44.5 Å². The molecule has 0 atom stereocenters. The number of benzene rings is 5. The van der Waals surface area contributed by atoms with E-state index in [1.54, 1.807) is 36.4 Å². The van der Waals surface area contributed by atoms with Crippen molar-refractivity contribution in [3.05, 3.63) is 70.8 Å². The molecule has 0 fully saturated rings. The predicted octanol–water partition coefficient (Wildman–Crippen LogP) is -4.64. The minimum absolute atomic E-state index is 0. The summed E-state index contributed by atoms with van der Waals surface area (Å²) in [7, 11) is 0.